The Morgan fingerprint density at radius 3 is 2.36 bits per heavy atom. The molecule has 2 N–H and O–H groups in total. The summed E-state index contributed by atoms with van der Waals surface area (Å²) in [6.45, 7) is 2.60. The van der Waals surface area contributed by atoms with Crippen molar-refractivity contribution in [2.75, 3.05) is 10.6 Å². The van der Waals surface area contributed by atoms with Crippen LogP contribution in [-0.4, -0.2) is 14.9 Å². The van der Waals surface area contributed by atoms with Gasteiger partial charge in [-0.05, 0) is 36.1 Å². The fourth-order valence-corrected chi connectivity index (χ4v) is 2.83. The third-order valence-electron chi connectivity index (χ3n) is 4.34. The Bertz CT molecular complexity index is 914. The summed E-state index contributed by atoms with van der Waals surface area (Å²) >= 11 is 0. The minimum atomic E-state index is -0.467. The van der Waals surface area contributed by atoms with Crippen LogP contribution in [0.15, 0.2) is 60.9 Å². The summed E-state index contributed by atoms with van der Waals surface area (Å²) in [5.74, 6) is 0.350. The Labute approximate surface area is 164 Å². The third-order valence-corrected chi connectivity index (χ3v) is 4.34. The second-order valence-electron chi connectivity index (χ2n) is 6.44. The molecule has 0 saturated heterocycles. The number of hydrogen-bond donors (Lipinski definition) is 2. The minimum absolute atomic E-state index is 0.164. The number of nitrogens with zero attached hydrogens (tertiary/aromatic N) is 3. The first-order valence-corrected chi connectivity index (χ1v) is 9.30. The molecule has 3 rings (SSSR count). The van der Waals surface area contributed by atoms with Gasteiger partial charge in [0.25, 0.3) is 0 Å². The maximum atomic E-state index is 11.7. The summed E-state index contributed by atoms with van der Waals surface area (Å²) in [6.07, 6.45) is 4.63. The molecule has 0 unspecified atom stereocenters. The van der Waals surface area contributed by atoms with E-state index in [0.717, 1.165) is 30.5 Å². The third kappa shape index (κ3) is 5.03. The topological polar surface area (TPSA) is 93.0 Å². The molecule has 144 valence electrons. The highest BCUT2D eigenvalue weighted by Gasteiger charge is 2.23. The van der Waals surface area contributed by atoms with Crippen LogP contribution in [0, 0.1) is 10.1 Å². The first-order valence-electron chi connectivity index (χ1n) is 9.30. The van der Waals surface area contributed by atoms with Gasteiger partial charge in [0, 0.05) is 12.2 Å². The number of nitro groups is 1. The van der Waals surface area contributed by atoms with Gasteiger partial charge in [0.1, 0.15) is 6.33 Å². The summed E-state index contributed by atoms with van der Waals surface area (Å²) < 4.78 is 0. The molecule has 0 amide bonds. The van der Waals surface area contributed by atoms with Crippen molar-refractivity contribution in [2.24, 2.45) is 0 Å². The van der Waals surface area contributed by atoms with Crippen molar-refractivity contribution >= 4 is 23.0 Å². The number of aromatic nitrogens is 2. The molecule has 1 heterocycles. The van der Waals surface area contributed by atoms with Gasteiger partial charge in [-0.3, -0.25) is 10.1 Å². The van der Waals surface area contributed by atoms with Crippen LogP contribution in [0.1, 0.15) is 30.9 Å². The molecule has 7 heteroatoms. The molecule has 0 spiro atoms. The standard InChI is InChI=1S/C21H23N5O2/c1-2-3-7-16-10-12-18(13-11-16)25-21-19(26(27)28)20(23-15-24-21)22-14-17-8-5-4-6-9-17/h4-6,8-13,15H,2-3,7,14H2,1H3,(H2,22,23,24,25). The van der Waals surface area contributed by atoms with Gasteiger partial charge in [-0.1, -0.05) is 55.8 Å². The smallest absolute Gasteiger partial charge is 0.353 e. The molecule has 28 heavy (non-hydrogen) atoms. The van der Waals surface area contributed by atoms with E-state index in [0.29, 0.717) is 6.54 Å². The van der Waals surface area contributed by atoms with Crippen LogP contribution in [0.2, 0.25) is 0 Å². The van der Waals surface area contributed by atoms with E-state index in [4.69, 9.17) is 0 Å². The van der Waals surface area contributed by atoms with Gasteiger partial charge in [0.05, 0.1) is 4.92 Å². The predicted octanol–water partition coefficient (Wildman–Crippen LogP) is 5.08. The van der Waals surface area contributed by atoms with Crippen molar-refractivity contribution in [1.29, 1.82) is 0 Å². The first kappa shape index (κ1) is 19.3. The fourth-order valence-electron chi connectivity index (χ4n) is 2.83. The van der Waals surface area contributed by atoms with E-state index in [-0.39, 0.29) is 17.3 Å². The van der Waals surface area contributed by atoms with Crippen molar-refractivity contribution in [3.8, 4) is 0 Å². The van der Waals surface area contributed by atoms with Crippen LogP contribution in [0.5, 0.6) is 0 Å². The van der Waals surface area contributed by atoms with Crippen molar-refractivity contribution in [3.05, 3.63) is 82.2 Å². The van der Waals surface area contributed by atoms with Crippen molar-refractivity contribution in [1.82, 2.24) is 9.97 Å². The van der Waals surface area contributed by atoms with Gasteiger partial charge in [-0.25, -0.2) is 9.97 Å². The number of aryl methyl sites for hydroxylation is 1. The van der Waals surface area contributed by atoms with Crippen LogP contribution in [0.25, 0.3) is 0 Å². The Balaban J connectivity index is 1.78. The van der Waals surface area contributed by atoms with E-state index in [9.17, 15) is 10.1 Å². The number of anilines is 3. The highest BCUT2D eigenvalue weighted by Crippen LogP contribution is 2.31. The average Bonchev–Trinajstić information content (AvgIpc) is 2.72. The summed E-state index contributed by atoms with van der Waals surface area (Å²) in [6, 6.07) is 17.5. The molecule has 0 saturated carbocycles. The van der Waals surface area contributed by atoms with Crippen LogP contribution >= 0.6 is 0 Å². The van der Waals surface area contributed by atoms with Crippen molar-refractivity contribution in [2.45, 2.75) is 32.7 Å². The molecule has 2 aromatic carbocycles. The zero-order valence-corrected chi connectivity index (χ0v) is 15.8. The zero-order valence-electron chi connectivity index (χ0n) is 15.8. The highest BCUT2D eigenvalue weighted by atomic mass is 16.6. The lowest BCUT2D eigenvalue weighted by molar-refractivity contribution is -0.383. The van der Waals surface area contributed by atoms with Crippen molar-refractivity contribution in [3.63, 3.8) is 0 Å². The normalized spacial score (nSPS) is 10.5. The van der Waals surface area contributed by atoms with Crippen LogP contribution in [0.3, 0.4) is 0 Å². The second kappa shape index (κ2) is 9.45. The van der Waals surface area contributed by atoms with Gasteiger partial charge >= 0.3 is 5.69 Å². The number of rotatable bonds is 9. The maximum absolute atomic E-state index is 11.7. The average molecular weight is 377 g/mol. The van der Waals surface area contributed by atoms with E-state index >= 15 is 0 Å². The lowest BCUT2D eigenvalue weighted by Crippen LogP contribution is -2.08. The molecular formula is C21H23N5O2. The van der Waals surface area contributed by atoms with E-state index in [1.54, 1.807) is 0 Å². The molecule has 0 aliphatic carbocycles. The summed E-state index contributed by atoms with van der Waals surface area (Å²) in [7, 11) is 0. The number of benzene rings is 2. The second-order valence-corrected chi connectivity index (χ2v) is 6.44. The molecule has 0 fully saturated rings. The molecule has 0 bridgehead atoms. The highest BCUT2D eigenvalue weighted by molar-refractivity contribution is 5.73. The molecular weight excluding hydrogens is 354 g/mol. The van der Waals surface area contributed by atoms with Gasteiger partial charge in [-0.15, -0.1) is 0 Å². The molecule has 0 aliphatic rings. The minimum Gasteiger partial charge on any atom is -0.360 e. The molecule has 0 aliphatic heterocycles. The van der Waals surface area contributed by atoms with Crippen LogP contribution in [-0.2, 0) is 13.0 Å². The lowest BCUT2D eigenvalue weighted by Gasteiger charge is -2.10. The largest absolute Gasteiger partial charge is 0.360 e. The number of hydrogen-bond acceptors (Lipinski definition) is 6. The van der Waals surface area contributed by atoms with Gasteiger partial charge in [0.15, 0.2) is 0 Å². The van der Waals surface area contributed by atoms with E-state index in [2.05, 4.69) is 27.5 Å². The van der Waals surface area contributed by atoms with Gasteiger partial charge < -0.3 is 10.6 Å². The van der Waals surface area contributed by atoms with Crippen molar-refractivity contribution < 1.29 is 4.92 Å². The summed E-state index contributed by atoms with van der Waals surface area (Å²) in [5, 5.41) is 17.7. The quantitative estimate of drug-likeness (QED) is 0.399. The maximum Gasteiger partial charge on any atom is 0.353 e. The molecule has 0 radical (unpaired) electrons. The van der Waals surface area contributed by atoms with Crippen LogP contribution in [0.4, 0.5) is 23.0 Å². The molecule has 3 aromatic rings. The SMILES string of the molecule is CCCCc1ccc(Nc2ncnc(NCc3ccccc3)c2[N+](=O)[O-])cc1. The van der Waals surface area contributed by atoms with Crippen LogP contribution < -0.4 is 10.6 Å². The van der Waals surface area contributed by atoms with E-state index < -0.39 is 4.92 Å². The summed E-state index contributed by atoms with van der Waals surface area (Å²) in [4.78, 5) is 19.3. The van der Waals surface area contributed by atoms with E-state index in [1.165, 1.54) is 11.9 Å². The lowest BCUT2D eigenvalue weighted by atomic mass is 10.1. The molecule has 0 atom stereocenters. The van der Waals surface area contributed by atoms with Gasteiger partial charge in [0.2, 0.25) is 11.6 Å². The molecule has 7 nitrogen and oxygen atoms in total. The summed E-state index contributed by atoms with van der Waals surface area (Å²) in [5.41, 5.74) is 2.83. The Kier molecular flexibility index (Phi) is 6.51. The monoisotopic (exact) mass is 377 g/mol. The Morgan fingerprint density at radius 2 is 1.68 bits per heavy atom. The predicted molar refractivity (Wildman–Crippen MR) is 111 cm³/mol. The van der Waals surface area contributed by atoms with Gasteiger partial charge in [-0.2, -0.15) is 0 Å². The fraction of sp³-hybridized carbons (Fsp3) is 0.238. The molecule has 1 aromatic heterocycles. The number of unbranched alkanes of at least 4 members (excludes halogenated alkanes) is 1. The Hall–Kier alpha value is -3.48. The number of nitrogens with one attached hydrogen (secondary N) is 2. The zero-order chi connectivity index (χ0) is 19.8. The Morgan fingerprint density at radius 1 is 0.964 bits per heavy atom. The first-order chi connectivity index (χ1) is 13.7. The van der Waals surface area contributed by atoms with E-state index in [1.807, 2.05) is 54.6 Å².